The highest BCUT2D eigenvalue weighted by molar-refractivity contribution is 5.95. The van der Waals surface area contributed by atoms with Gasteiger partial charge in [-0.3, -0.25) is 4.79 Å². The molecular weight excluding hydrogens is 191 g/mol. The molecule has 0 saturated heterocycles. The fourth-order valence-corrected chi connectivity index (χ4v) is 1.48. The van der Waals surface area contributed by atoms with Crippen LogP contribution in [-0.4, -0.2) is 5.78 Å². The average molecular weight is 208 g/mol. The van der Waals surface area contributed by atoms with Crippen molar-refractivity contribution in [1.82, 2.24) is 0 Å². The van der Waals surface area contributed by atoms with Gasteiger partial charge in [-0.25, -0.2) is 4.39 Å². The standard InChI is InChI=1S/C13H17FO/c1-10(2)5-3-8-13(15)11-6-4-7-12(14)9-11/h4,6-7,9-10H,3,5,8H2,1-2H3. The number of Topliss-reactive ketones (excluding diaryl/α,β-unsaturated/α-hetero) is 1. The van der Waals surface area contributed by atoms with E-state index < -0.39 is 0 Å². The topological polar surface area (TPSA) is 17.1 Å². The largest absolute Gasteiger partial charge is 0.294 e. The zero-order chi connectivity index (χ0) is 11.3. The molecule has 0 aliphatic carbocycles. The maximum absolute atomic E-state index is 12.8. The molecular formula is C13H17FO. The quantitative estimate of drug-likeness (QED) is 0.672. The predicted octanol–water partition coefficient (Wildman–Crippen LogP) is 3.83. The molecule has 0 bridgehead atoms. The summed E-state index contributed by atoms with van der Waals surface area (Å²) in [6.07, 6.45) is 2.44. The maximum Gasteiger partial charge on any atom is 0.162 e. The van der Waals surface area contributed by atoms with Gasteiger partial charge in [-0.1, -0.05) is 32.4 Å². The van der Waals surface area contributed by atoms with Gasteiger partial charge in [0.25, 0.3) is 0 Å². The Labute approximate surface area is 90.3 Å². The first kappa shape index (κ1) is 11.9. The van der Waals surface area contributed by atoms with Crippen LogP contribution in [0.4, 0.5) is 4.39 Å². The van der Waals surface area contributed by atoms with Gasteiger partial charge in [-0.2, -0.15) is 0 Å². The summed E-state index contributed by atoms with van der Waals surface area (Å²) in [4.78, 5) is 11.6. The summed E-state index contributed by atoms with van der Waals surface area (Å²) in [6, 6.07) is 5.90. The lowest BCUT2D eigenvalue weighted by atomic mass is 10.0. The Morgan fingerprint density at radius 2 is 2.13 bits per heavy atom. The third-order valence-corrected chi connectivity index (χ3v) is 2.33. The van der Waals surface area contributed by atoms with Crippen molar-refractivity contribution < 1.29 is 9.18 Å². The molecule has 1 nitrogen and oxygen atoms in total. The summed E-state index contributed by atoms with van der Waals surface area (Å²) in [5, 5.41) is 0. The van der Waals surface area contributed by atoms with Gasteiger partial charge in [0.1, 0.15) is 5.82 Å². The van der Waals surface area contributed by atoms with Crippen molar-refractivity contribution in [2.45, 2.75) is 33.1 Å². The van der Waals surface area contributed by atoms with Gasteiger partial charge >= 0.3 is 0 Å². The number of carbonyl (C=O) groups is 1. The number of benzene rings is 1. The van der Waals surface area contributed by atoms with E-state index in [2.05, 4.69) is 13.8 Å². The van der Waals surface area contributed by atoms with Crippen LogP contribution >= 0.6 is 0 Å². The molecule has 0 aliphatic heterocycles. The number of hydrogen-bond acceptors (Lipinski definition) is 1. The van der Waals surface area contributed by atoms with Crippen LogP contribution in [0.2, 0.25) is 0 Å². The first-order valence-corrected chi connectivity index (χ1v) is 5.38. The smallest absolute Gasteiger partial charge is 0.162 e. The molecule has 0 spiro atoms. The Hall–Kier alpha value is -1.18. The van der Waals surface area contributed by atoms with Gasteiger partial charge in [0.05, 0.1) is 0 Å². The molecule has 15 heavy (non-hydrogen) atoms. The molecule has 1 aromatic carbocycles. The van der Waals surface area contributed by atoms with Crippen molar-refractivity contribution in [3.05, 3.63) is 35.6 Å². The van der Waals surface area contributed by atoms with E-state index in [0.29, 0.717) is 17.9 Å². The first-order chi connectivity index (χ1) is 7.09. The van der Waals surface area contributed by atoms with Crippen molar-refractivity contribution in [3.63, 3.8) is 0 Å². The zero-order valence-electron chi connectivity index (χ0n) is 9.29. The van der Waals surface area contributed by atoms with Crippen LogP contribution in [0.25, 0.3) is 0 Å². The molecule has 0 fully saturated rings. The minimum absolute atomic E-state index is 0.0372. The van der Waals surface area contributed by atoms with Crippen LogP contribution in [0.5, 0.6) is 0 Å². The predicted molar refractivity (Wildman–Crippen MR) is 59.4 cm³/mol. The Bertz CT molecular complexity index is 331. The first-order valence-electron chi connectivity index (χ1n) is 5.38. The molecule has 82 valence electrons. The van der Waals surface area contributed by atoms with Gasteiger partial charge < -0.3 is 0 Å². The monoisotopic (exact) mass is 208 g/mol. The van der Waals surface area contributed by atoms with Crippen LogP contribution in [0.1, 0.15) is 43.5 Å². The molecule has 0 N–H and O–H groups in total. The van der Waals surface area contributed by atoms with E-state index in [0.717, 1.165) is 12.8 Å². The third kappa shape index (κ3) is 4.24. The van der Waals surface area contributed by atoms with Crippen molar-refractivity contribution in [2.24, 2.45) is 5.92 Å². The number of halogens is 1. The second kappa shape index (κ2) is 5.64. The van der Waals surface area contributed by atoms with E-state index in [-0.39, 0.29) is 11.6 Å². The Balaban J connectivity index is 2.47. The SMILES string of the molecule is CC(C)CCCC(=O)c1cccc(F)c1. The fraction of sp³-hybridized carbons (Fsp3) is 0.462. The summed E-state index contributed by atoms with van der Waals surface area (Å²) in [6.45, 7) is 4.26. The molecule has 1 rings (SSSR count). The van der Waals surface area contributed by atoms with E-state index in [9.17, 15) is 9.18 Å². The maximum atomic E-state index is 12.8. The van der Waals surface area contributed by atoms with E-state index >= 15 is 0 Å². The second-order valence-corrected chi connectivity index (χ2v) is 4.22. The molecule has 0 atom stereocenters. The van der Waals surface area contributed by atoms with Gasteiger partial charge in [0.15, 0.2) is 5.78 Å². The number of hydrogen-bond donors (Lipinski definition) is 0. The van der Waals surface area contributed by atoms with E-state index in [1.807, 2.05) is 0 Å². The van der Waals surface area contributed by atoms with Crippen molar-refractivity contribution >= 4 is 5.78 Å². The zero-order valence-corrected chi connectivity index (χ0v) is 9.29. The van der Waals surface area contributed by atoms with E-state index in [4.69, 9.17) is 0 Å². The molecule has 2 heteroatoms. The lowest BCUT2D eigenvalue weighted by Crippen LogP contribution is -2.00. The fourth-order valence-electron chi connectivity index (χ4n) is 1.48. The summed E-state index contributed by atoms with van der Waals surface area (Å²) in [5.74, 6) is 0.310. The second-order valence-electron chi connectivity index (χ2n) is 4.22. The molecule has 0 radical (unpaired) electrons. The van der Waals surface area contributed by atoms with Crippen LogP contribution in [0.3, 0.4) is 0 Å². The summed E-state index contributed by atoms with van der Waals surface area (Å²) < 4.78 is 12.8. The summed E-state index contributed by atoms with van der Waals surface area (Å²) >= 11 is 0. The minimum Gasteiger partial charge on any atom is -0.294 e. The highest BCUT2D eigenvalue weighted by Gasteiger charge is 2.06. The number of carbonyl (C=O) groups excluding carboxylic acids is 1. The molecule has 0 amide bonds. The molecule has 0 aliphatic rings. The lowest BCUT2D eigenvalue weighted by Gasteiger charge is -2.03. The van der Waals surface area contributed by atoms with Gasteiger partial charge in [0, 0.05) is 12.0 Å². The molecule has 0 saturated carbocycles. The van der Waals surface area contributed by atoms with Crippen molar-refractivity contribution in [1.29, 1.82) is 0 Å². The van der Waals surface area contributed by atoms with Gasteiger partial charge in [-0.05, 0) is 24.5 Å². The Morgan fingerprint density at radius 1 is 1.40 bits per heavy atom. The molecule has 1 aromatic rings. The van der Waals surface area contributed by atoms with E-state index in [1.165, 1.54) is 12.1 Å². The van der Waals surface area contributed by atoms with Crippen LogP contribution in [0.15, 0.2) is 24.3 Å². The third-order valence-electron chi connectivity index (χ3n) is 2.33. The minimum atomic E-state index is -0.343. The lowest BCUT2D eigenvalue weighted by molar-refractivity contribution is 0.0978. The molecule has 0 aromatic heterocycles. The van der Waals surface area contributed by atoms with Crippen LogP contribution in [0, 0.1) is 11.7 Å². The van der Waals surface area contributed by atoms with Gasteiger partial charge in [-0.15, -0.1) is 0 Å². The highest BCUT2D eigenvalue weighted by Crippen LogP contribution is 2.11. The summed E-state index contributed by atoms with van der Waals surface area (Å²) in [5.41, 5.74) is 0.485. The van der Waals surface area contributed by atoms with E-state index in [1.54, 1.807) is 12.1 Å². The number of ketones is 1. The average Bonchev–Trinajstić information content (AvgIpc) is 2.17. The van der Waals surface area contributed by atoms with Crippen molar-refractivity contribution in [3.8, 4) is 0 Å². The van der Waals surface area contributed by atoms with Crippen molar-refractivity contribution in [2.75, 3.05) is 0 Å². The van der Waals surface area contributed by atoms with Crippen LogP contribution in [-0.2, 0) is 0 Å². The molecule has 0 unspecified atom stereocenters. The van der Waals surface area contributed by atoms with Gasteiger partial charge in [0.2, 0.25) is 0 Å². The van der Waals surface area contributed by atoms with Crippen LogP contribution < -0.4 is 0 Å². The normalized spacial score (nSPS) is 10.7. The molecule has 0 heterocycles. The summed E-state index contributed by atoms with van der Waals surface area (Å²) in [7, 11) is 0. The number of rotatable bonds is 5. The Morgan fingerprint density at radius 3 is 2.73 bits per heavy atom. The highest BCUT2D eigenvalue weighted by atomic mass is 19.1. The Kier molecular flexibility index (Phi) is 4.47.